The average molecular weight is 350 g/mol. The van der Waals surface area contributed by atoms with E-state index >= 15 is 0 Å². The van der Waals surface area contributed by atoms with Gasteiger partial charge in [0, 0.05) is 26.2 Å². The molecule has 3 rings (SSSR count). The lowest BCUT2D eigenvalue weighted by Crippen LogP contribution is -2.50. The molecule has 0 bridgehead atoms. The lowest BCUT2D eigenvalue weighted by atomic mass is 10.2. The summed E-state index contributed by atoms with van der Waals surface area (Å²) in [5, 5.41) is 0. The number of hydrogen-bond acceptors (Lipinski definition) is 5. The molecule has 1 aromatic carbocycles. The predicted octanol–water partition coefficient (Wildman–Crippen LogP) is 1.43. The highest BCUT2D eigenvalue weighted by atomic mass is 32.2. The molecule has 0 saturated carbocycles. The van der Waals surface area contributed by atoms with Crippen LogP contribution in [0.5, 0.6) is 5.75 Å². The molecular formula is C16H18N2O5S. The second-order valence-electron chi connectivity index (χ2n) is 5.38. The summed E-state index contributed by atoms with van der Waals surface area (Å²) >= 11 is 0. The maximum Gasteiger partial charge on any atom is 0.257 e. The fourth-order valence-electron chi connectivity index (χ4n) is 2.60. The van der Waals surface area contributed by atoms with Gasteiger partial charge in [-0.2, -0.15) is 4.31 Å². The van der Waals surface area contributed by atoms with Crippen molar-refractivity contribution in [2.45, 2.75) is 4.90 Å². The van der Waals surface area contributed by atoms with Crippen molar-refractivity contribution in [1.29, 1.82) is 0 Å². The van der Waals surface area contributed by atoms with Gasteiger partial charge in [-0.15, -0.1) is 0 Å². The third-order valence-corrected chi connectivity index (χ3v) is 5.90. The summed E-state index contributed by atoms with van der Waals surface area (Å²) in [5.74, 6) is 0.453. The van der Waals surface area contributed by atoms with Crippen LogP contribution in [0.25, 0.3) is 0 Å². The summed E-state index contributed by atoms with van der Waals surface area (Å²) in [6.45, 7) is 1.22. The molecule has 0 aliphatic carbocycles. The lowest BCUT2D eigenvalue weighted by Gasteiger charge is -2.33. The first-order chi connectivity index (χ1) is 11.5. The number of amides is 1. The van der Waals surface area contributed by atoms with E-state index in [9.17, 15) is 13.2 Å². The molecule has 2 aromatic rings. The zero-order chi connectivity index (χ0) is 17.2. The monoisotopic (exact) mass is 350 g/mol. The van der Waals surface area contributed by atoms with Gasteiger partial charge in [0.1, 0.15) is 12.0 Å². The van der Waals surface area contributed by atoms with Crippen molar-refractivity contribution in [3.63, 3.8) is 0 Å². The molecule has 128 valence electrons. The van der Waals surface area contributed by atoms with E-state index in [1.54, 1.807) is 23.1 Å². The van der Waals surface area contributed by atoms with E-state index in [0.717, 1.165) is 0 Å². The Labute approximate surface area is 140 Å². The Morgan fingerprint density at radius 3 is 2.29 bits per heavy atom. The number of sulfonamides is 1. The third kappa shape index (κ3) is 3.15. The van der Waals surface area contributed by atoms with Crippen LogP contribution in [0.1, 0.15) is 10.4 Å². The standard InChI is InChI=1S/C16H18N2O5S/c1-22-14-2-4-15(5-3-14)24(20,21)18-9-7-17(8-10-18)16(19)13-6-11-23-12-13/h2-6,11-12H,7-10H2,1H3. The van der Waals surface area contributed by atoms with Gasteiger partial charge in [0.2, 0.25) is 10.0 Å². The topological polar surface area (TPSA) is 80.1 Å². The lowest BCUT2D eigenvalue weighted by molar-refractivity contribution is 0.0697. The van der Waals surface area contributed by atoms with Gasteiger partial charge >= 0.3 is 0 Å². The smallest absolute Gasteiger partial charge is 0.257 e. The third-order valence-electron chi connectivity index (χ3n) is 3.99. The number of benzene rings is 1. The molecular weight excluding hydrogens is 332 g/mol. The summed E-state index contributed by atoms with van der Waals surface area (Å²) in [7, 11) is -2.04. The molecule has 0 atom stereocenters. The highest BCUT2D eigenvalue weighted by Gasteiger charge is 2.30. The van der Waals surface area contributed by atoms with Crippen LogP contribution >= 0.6 is 0 Å². The van der Waals surface area contributed by atoms with E-state index in [2.05, 4.69) is 0 Å². The number of rotatable bonds is 4. The Balaban J connectivity index is 1.68. The molecule has 7 nitrogen and oxygen atoms in total. The summed E-state index contributed by atoms with van der Waals surface area (Å²) in [6, 6.07) is 7.88. The number of methoxy groups -OCH3 is 1. The maximum absolute atomic E-state index is 12.7. The number of ether oxygens (including phenoxy) is 1. The van der Waals surface area contributed by atoms with E-state index in [1.165, 1.54) is 36.1 Å². The van der Waals surface area contributed by atoms with Gasteiger partial charge in [-0.3, -0.25) is 4.79 Å². The van der Waals surface area contributed by atoms with Crippen LogP contribution in [0.3, 0.4) is 0 Å². The van der Waals surface area contributed by atoms with Gasteiger partial charge in [-0.1, -0.05) is 0 Å². The quantitative estimate of drug-likeness (QED) is 0.833. The van der Waals surface area contributed by atoms with E-state index in [-0.39, 0.29) is 23.9 Å². The second kappa shape index (κ2) is 6.66. The van der Waals surface area contributed by atoms with E-state index < -0.39 is 10.0 Å². The first kappa shape index (κ1) is 16.5. The van der Waals surface area contributed by atoms with Crippen molar-refractivity contribution in [1.82, 2.24) is 9.21 Å². The van der Waals surface area contributed by atoms with Gasteiger partial charge in [0.05, 0.1) is 23.8 Å². The Hall–Kier alpha value is -2.32. The van der Waals surface area contributed by atoms with Crippen LogP contribution in [0.2, 0.25) is 0 Å². The molecule has 8 heteroatoms. The summed E-state index contributed by atoms with van der Waals surface area (Å²) in [5.41, 5.74) is 0.474. The molecule has 1 aliphatic rings. The van der Waals surface area contributed by atoms with Crippen molar-refractivity contribution in [3.05, 3.63) is 48.4 Å². The van der Waals surface area contributed by atoms with E-state index in [1.807, 2.05) is 0 Å². The van der Waals surface area contributed by atoms with Crippen LogP contribution in [-0.4, -0.2) is 56.8 Å². The first-order valence-electron chi connectivity index (χ1n) is 7.48. The SMILES string of the molecule is COc1ccc(S(=O)(=O)N2CCN(C(=O)c3ccoc3)CC2)cc1. The van der Waals surface area contributed by atoms with Crippen LogP contribution < -0.4 is 4.74 Å². The zero-order valence-corrected chi connectivity index (χ0v) is 14.0. The zero-order valence-electron chi connectivity index (χ0n) is 13.2. The molecule has 0 spiro atoms. The van der Waals surface area contributed by atoms with Gasteiger partial charge in [-0.05, 0) is 30.3 Å². The number of hydrogen-bond donors (Lipinski definition) is 0. The Morgan fingerprint density at radius 2 is 1.75 bits per heavy atom. The van der Waals surface area contributed by atoms with Crippen molar-refractivity contribution in [3.8, 4) is 5.75 Å². The minimum atomic E-state index is -3.57. The van der Waals surface area contributed by atoms with E-state index in [0.29, 0.717) is 24.4 Å². The van der Waals surface area contributed by atoms with Gasteiger partial charge < -0.3 is 14.1 Å². The molecule has 1 aliphatic heterocycles. The molecule has 0 N–H and O–H groups in total. The number of piperazine rings is 1. The minimum Gasteiger partial charge on any atom is -0.497 e. The van der Waals surface area contributed by atoms with Crippen molar-refractivity contribution < 1.29 is 22.4 Å². The highest BCUT2D eigenvalue weighted by Crippen LogP contribution is 2.21. The van der Waals surface area contributed by atoms with E-state index in [4.69, 9.17) is 9.15 Å². The molecule has 1 saturated heterocycles. The minimum absolute atomic E-state index is 0.148. The van der Waals surface area contributed by atoms with Gasteiger partial charge in [0.15, 0.2) is 0 Å². The number of furan rings is 1. The molecule has 2 heterocycles. The molecule has 0 unspecified atom stereocenters. The largest absolute Gasteiger partial charge is 0.497 e. The molecule has 1 fully saturated rings. The fourth-order valence-corrected chi connectivity index (χ4v) is 4.02. The molecule has 1 amide bonds. The normalized spacial score (nSPS) is 16.1. The highest BCUT2D eigenvalue weighted by molar-refractivity contribution is 7.89. The number of carbonyl (C=O) groups excluding carboxylic acids is 1. The molecule has 1 aromatic heterocycles. The van der Waals surface area contributed by atoms with Gasteiger partial charge in [-0.25, -0.2) is 8.42 Å². The Kier molecular flexibility index (Phi) is 4.59. The fraction of sp³-hybridized carbons (Fsp3) is 0.312. The molecule has 0 radical (unpaired) electrons. The summed E-state index contributed by atoms with van der Waals surface area (Å²) < 4.78 is 36.7. The average Bonchev–Trinajstić information content (AvgIpc) is 3.16. The van der Waals surface area contributed by atoms with Crippen LogP contribution in [0, 0.1) is 0 Å². The van der Waals surface area contributed by atoms with Crippen molar-refractivity contribution >= 4 is 15.9 Å². The Bertz CT molecular complexity index is 792. The van der Waals surface area contributed by atoms with Gasteiger partial charge in [0.25, 0.3) is 5.91 Å². The number of carbonyl (C=O) groups is 1. The maximum atomic E-state index is 12.7. The summed E-state index contributed by atoms with van der Waals surface area (Å²) in [4.78, 5) is 14.1. The number of nitrogens with zero attached hydrogens (tertiary/aromatic N) is 2. The predicted molar refractivity (Wildman–Crippen MR) is 86.4 cm³/mol. The van der Waals surface area contributed by atoms with Crippen molar-refractivity contribution in [2.24, 2.45) is 0 Å². The van der Waals surface area contributed by atoms with Crippen molar-refractivity contribution in [2.75, 3.05) is 33.3 Å². The van der Waals surface area contributed by atoms with Crippen LogP contribution in [0.4, 0.5) is 0 Å². The molecule has 24 heavy (non-hydrogen) atoms. The van der Waals surface area contributed by atoms with Crippen LogP contribution in [-0.2, 0) is 10.0 Å². The summed E-state index contributed by atoms with van der Waals surface area (Å²) in [6.07, 6.45) is 2.83. The Morgan fingerprint density at radius 1 is 1.08 bits per heavy atom. The van der Waals surface area contributed by atoms with Crippen LogP contribution in [0.15, 0.2) is 52.2 Å². The second-order valence-corrected chi connectivity index (χ2v) is 7.32. The first-order valence-corrected chi connectivity index (χ1v) is 8.92.